The van der Waals surface area contributed by atoms with Crippen LogP contribution in [-0.4, -0.2) is 59.4 Å². The van der Waals surface area contributed by atoms with E-state index in [1.54, 1.807) is 38.1 Å². The molecule has 3 heterocycles. The molecule has 1 aliphatic rings. The predicted octanol–water partition coefficient (Wildman–Crippen LogP) is 3.25. The summed E-state index contributed by atoms with van der Waals surface area (Å²) in [5, 5.41) is 6.06. The number of nitrogens with zero attached hydrogens (tertiary/aromatic N) is 5. The smallest absolute Gasteiger partial charge is 0.425 e. The van der Waals surface area contributed by atoms with Crippen LogP contribution in [0, 0.1) is 12.8 Å². The minimum absolute atomic E-state index is 0.163. The third kappa shape index (κ3) is 6.61. The van der Waals surface area contributed by atoms with Crippen molar-refractivity contribution in [1.82, 2.24) is 24.5 Å². The fourth-order valence-electron chi connectivity index (χ4n) is 4.45. The van der Waals surface area contributed by atoms with Gasteiger partial charge in [-0.1, -0.05) is 43.7 Å². The maximum atomic E-state index is 13.5. The highest BCUT2D eigenvalue weighted by Crippen LogP contribution is 2.33. The number of hydrogen-bond acceptors (Lipinski definition) is 9. The second kappa shape index (κ2) is 11.8. The lowest BCUT2D eigenvalue weighted by molar-refractivity contribution is -0.163. The van der Waals surface area contributed by atoms with Gasteiger partial charge in [-0.05, 0) is 50.1 Å². The number of halogens is 3. The molecule has 1 fully saturated rings. The summed E-state index contributed by atoms with van der Waals surface area (Å²) in [6.45, 7) is 5.09. The van der Waals surface area contributed by atoms with Crippen molar-refractivity contribution in [3.8, 4) is 16.9 Å². The van der Waals surface area contributed by atoms with Gasteiger partial charge in [-0.25, -0.2) is 22.8 Å². The Labute approximate surface area is 249 Å². The van der Waals surface area contributed by atoms with E-state index in [2.05, 4.69) is 5.10 Å². The number of hydrogen-bond donors (Lipinski definition) is 1. The van der Waals surface area contributed by atoms with Gasteiger partial charge < -0.3 is 9.57 Å². The van der Waals surface area contributed by atoms with Crippen molar-refractivity contribution < 1.29 is 45.4 Å². The minimum atomic E-state index is -4.70. The van der Waals surface area contributed by atoms with Gasteiger partial charge in [-0.3, -0.25) is 9.59 Å². The third-order valence-corrected chi connectivity index (χ3v) is 8.18. The van der Waals surface area contributed by atoms with Crippen molar-refractivity contribution in [2.75, 3.05) is 18.3 Å². The van der Waals surface area contributed by atoms with Crippen molar-refractivity contribution in [3.63, 3.8) is 0 Å². The standard InChI is InChI=1S/C27H29F3N6O7S/c1-17(2)26(38)41-16-42-36-35(43-36)33-14-4-5-22(33)25(37)32-44(39,40)21-12-10-20(11-13-21)34-23(15-24(31-34)27(28,29)30)19-8-6-18(3)7-9-19/h6-13,15,17,22H,4-5,14,16H2,1-3H3,(H,32,37). The summed E-state index contributed by atoms with van der Waals surface area (Å²) in [4.78, 5) is 30.5. The summed E-state index contributed by atoms with van der Waals surface area (Å²) in [7, 11) is -4.35. The van der Waals surface area contributed by atoms with Crippen LogP contribution in [0.15, 0.2) is 64.1 Å². The van der Waals surface area contributed by atoms with Crippen LogP contribution in [0.4, 0.5) is 13.2 Å². The second-order valence-corrected chi connectivity index (χ2v) is 12.1. The van der Waals surface area contributed by atoms with Gasteiger partial charge in [-0.15, -0.1) is 0 Å². The molecule has 0 radical (unpaired) electrons. The molecule has 0 spiro atoms. The molecule has 1 unspecified atom stereocenters. The summed E-state index contributed by atoms with van der Waals surface area (Å²) in [6.07, 6.45) is -3.83. The average molecular weight is 639 g/mol. The molecule has 5 rings (SSSR count). The number of alkyl halides is 3. The molecule has 1 N–H and O–H groups in total. The number of aryl methyl sites for hydroxylation is 1. The molecule has 17 heteroatoms. The largest absolute Gasteiger partial charge is 0.435 e. The highest BCUT2D eigenvalue weighted by molar-refractivity contribution is 7.90. The van der Waals surface area contributed by atoms with Crippen molar-refractivity contribution in [2.45, 2.75) is 50.7 Å². The molecule has 236 valence electrons. The zero-order chi connectivity index (χ0) is 31.8. The molecular formula is C27H29F3N6O7S. The number of nitrogens with one attached hydrogen (secondary N) is 1. The maximum Gasteiger partial charge on any atom is 0.435 e. The topological polar surface area (TPSA) is 143 Å². The Hall–Kier alpha value is -4.67. The third-order valence-electron chi connectivity index (χ3n) is 6.81. The molecule has 0 aliphatic carbocycles. The molecule has 1 saturated heterocycles. The lowest BCUT2D eigenvalue weighted by Gasteiger charge is -2.19. The van der Waals surface area contributed by atoms with E-state index in [1.807, 2.05) is 11.6 Å². The van der Waals surface area contributed by atoms with Crippen molar-refractivity contribution in [1.29, 1.82) is 0 Å². The first kappa shape index (κ1) is 30.8. The lowest BCUT2D eigenvalue weighted by Crippen LogP contribution is -2.49. The summed E-state index contributed by atoms with van der Waals surface area (Å²) in [6, 6.07) is 11.8. The molecule has 13 nitrogen and oxygen atoms in total. The predicted molar refractivity (Wildman–Crippen MR) is 147 cm³/mol. The lowest BCUT2D eigenvalue weighted by atomic mass is 10.1. The number of ether oxygens (including phenoxy) is 1. The Bertz CT molecular complexity index is 1730. The molecule has 0 saturated carbocycles. The van der Waals surface area contributed by atoms with Gasteiger partial charge in [0, 0.05) is 12.1 Å². The Morgan fingerprint density at radius 1 is 1.11 bits per heavy atom. The number of benzene rings is 2. The summed E-state index contributed by atoms with van der Waals surface area (Å²) >= 11 is 0. The van der Waals surface area contributed by atoms with Gasteiger partial charge in [0.15, 0.2) is 5.69 Å². The van der Waals surface area contributed by atoms with Gasteiger partial charge in [0.2, 0.25) is 0 Å². The van der Waals surface area contributed by atoms with E-state index in [-0.39, 0.29) is 22.2 Å². The Morgan fingerprint density at radius 3 is 2.43 bits per heavy atom. The normalized spacial score (nSPS) is 15.6. The summed E-state index contributed by atoms with van der Waals surface area (Å²) in [5.74, 6) is -1.65. The van der Waals surface area contributed by atoms with Crippen LogP contribution in [0.1, 0.15) is 37.9 Å². The second-order valence-electron chi connectivity index (χ2n) is 10.4. The number of rotatable bonds is 10. The van der Waals surface area contributed by atoms with Crippen LogP contribution in [0.5, 0.6) is 0 Å². The highest BCUT2D eigenvalue weighted by Gasteiger charge is 2.39. The molecule has 4 aromatic rings. The first-order chi connectivity index (χ1) is 20.7. The number of carbonyl (C=O) groups is 2. The fourth-order valence-corrected chi connectivity index (χ4v) is 5.46. The van der Waals surface area contributed by atoms with Gasteiger partial charge >= 0.3 is 12.1 Å². The fraction of sp³-hybridized carbons (Fsp3) is 0.370. The summed E-state index contributed by atoms with van der Waals surface area (Å²) < 4.78 is 79.9. The Morgan fingerprint density at radius 2 is 1.80 bits per heavy atom. The van der Waals surface area contributed by atoms with Gasteiger partial charge in [0.05, 0.1) is 27.2 Å². The van der Waals surface area contributed by atoms with Crippen LogP contribution in [0.2, 0.25) is 0 Å². The molecule has 1 aliphatic heterocycles. The SMILES string of the molecule is Cc1ccc(-c2cc(C(F)(F)F)nn2-c2ccc(S(=O)(=O)NC(=O)C3CCCN3n3on3OCOC(=O)C(C)C)cc2)cc1. The van der Waals surface area contributed by atoms with E-state index in [0.717, 1.165) is 26.3 Å². The highest BCUT2D eigenvalue weighted by atomic mass is 32.2. The number of esters is 1. The first-order valence-electron chi connectivity index (χ1n) is 13.5. The van der Waals surface area contributed by atoms with Crippen molar-refractivity contribution in [2.24, 2.45) is 5.92 Å². The molecule has 44 heavy (non-hydrogen) atoms. The van der Waals surface area contributed by atoms with Gasteiger partial charge in [0.25, 0.3) is 22.7 Å². The maximum absolute atomic E-state index is 13.5. The molecule has 2 aromatic heterocycles. The molecule has 0 bridgehead atoms. The van der Waals surface area contributed by atoms with Crippen LogP contribution in [-0.2, 0) is 30.5 Å². The number of aromatic nitrogens is 4. The molecule has 1 amide bonds. The molecular weight excluding hydrogens is 609 g/mol. The Balaban J connectivity index is 1.28. The van der Waals surface area contributed by atoms with Crippen molar-refractivity contribution in [3.05, 3.63) is 65.9 Å². The van der Waals surface area contributed by atoms with E-state index in [9.17, 15) is 31.2 Å². The Kier molecular flexibility index (Phi) is 8.24. The minimum Gasteiger partial charge on any atom is -0.425 e. The van der Waals surface area contributed by atoms with Gasteiger partial charge in [0.1, 0.15) is 11.1 Å². The van der Waals surface area contributed by atoms with Crippen LogP contribution < -0.4 is 14.6 Å². The average Bonchev–Trinajstić information content (AvgIpc) is 3.34. The first-order valence-corrected chi connectivity index (χ1v) is 15.0. The molecule has 2 aromatic carbocycles. The summed E-state index contributed by atoms with van der Waals surface area (Å²) in [5.41, 5.74) is 0.649. The quantitative estimate of drug-likeness (QED) is 0.205. The van der Waals surface area contributed by atoms with E-state index >= 15 is 0 Å². The number of amides is 1. The van der Waals surface area contributed by atoms with Crippen molar-refractivity contribution >= 4 is 21.9 Å². The van der Waals surface area contributed by atoms with E-state index in [0.29, 0.717) is 24.9 Å². The van der Waals surface area contributed by atoms with E-state index < -0.39 is 46.6 Å². The van der Waals surface area contributed by atoms with Gasteiger partial charge in [-0.2, -0.15) is 22.9 Å². The van der Waals surface area contributed by atoms with E-state index in [1.165, 1.54) is 29.3 Å². The monoisotopic (exact) mass is 638 g/mol. The van der Waals surface area contributed by atoms with E-state index in [4.69, 9.17) is 14.2 Å². The zero-order valence-corrected chi connectivity index (χ0v) is 24.6. The molecule has 1 atom stereocenters. The zero-order valence-electron chi connectivity index (χ0n) is 23.8. The van der Waals surface area contributed by atoms with Crippen LogP contribution >= 0.6 is 0 Å². The van der Waals surface area contributed by atoms with Crippen LogP contribution in [0.3, 0.4) is 0 Å². The number of carbonyl (C=O) groups excluding carboxylic acids is 2. The number of sulfonamides is 1. The van der Waals surface area contributed by atoms with Crippen LogP contribution in [0.25, 0.3) is 16.9 Å².